The second-order valence-electron chi connectivity index (χ2n) is 13.2. The van der Waals surface area contributed by atoms with Crippen LogP contribution >= 0.6 is 11.3 Å². The minimum atomic E-state index is -0.285. The average Bonchev–Trinajstić information content (AvgIpc) is 3.88. The van der Waals surface area contributed by atoms with E-state index < -0.39 is 0 Å². The number of furan rings is 2. The number of rotatable bonds is 4. The summed E-state index contributed by atoms with van der Waals surface area (Å²) in [7, 11) is 0. The van der Waals surface area contributed by atoms with Crippen molar-refractivity contribution in [3.63, 3.8) is 0 Å². The topological polar surface area (TPSA) is 62.7 Å². The zero-order valence-electron chi connectivity index (χ0n) is 27.3. The van der Waals surface area contributed by atoms with E-state index in [4.69, 9.17) is 13.8 Å². The van der Waals surface area contributed by atoms with Crippen LogP contribution in [-0.4, -0.2) is 5.84 Å². The molecular weight excluding hydrogens is 647 g/mol. The molecule has 2 N–H and O–H groups in total. The van der Waals surface area contributed by atoms with E-state index in [1.165, 1.54) is 20.2 Å². The third kappa shape index (κ3) is 4.54. The number of fused-ring (bicyclic) bond motifs is 9. The van der Waals surface area contributed by atoms with Gasteiger partial charge in [0.25, 0.3) is 0 Å². The summed E-state index contributed by atoms with van der Waals surface area (Å²) in [6.07, 6.45) is -0.448. The van der Waals surface area contributed by atoms with Crippen LogP contribution in [0.2, 0.25) is 0 Å². The third-order valence-electron chi connectivity index (χ3n) is 10.2. The predicted octanol–water partition coefficient (Wildman–Crippen LogP) is 11.9. The Morgan fingerprint density at radius 1 is 0.529 bits per heavy atom. The van der Waals surface area contributed by atoms with Gasteiger partial charge in [0.15, 0.2) is 0 Å². The second-order valence-corrected chi connectivity index (χ2v) is 14.2. The number of aliphatic imine (C=N–C) groups is 1. The quantitative estimate of drug-likeness (QED) is 0.195. The Hall–Kier alpha value is -6.21. The highest BCUT2D eigenvalue weighted by Crippen LogP contribution is 2.41. The van der Waals surface area contributed by atoms with Crippen molar-refractivity contribution in [2.24, 2.45) is 4.99 Å². The third-order valence-corrected chi connectivity index (χ3v) is 11.3. The normalized spacial score (nSPS) is 16.4. The zero-order chi connectivity index (χ0) is 33.5. The van der Waals surface area contributed by atoms with Crippen LogP contribution in [0.5, 0.6) is 0 Å². The Morgan fingerprint density at radius 2 is 1.25 bits per heavy atom. The molecule has 7 aromatic carbocycles. The molecule has 242 valence electrons. The number of thiophene rings is 1. The van der Waals surface area contributed by atoms with Crippen molar-refractivity contribution in [2.45, 2.75) is 12.3 Å². The minimum absolute atomic E-state index is 0.164. The largest absolute Gasteiger partial charge is 0.456 e. The Kier molecular flexibility index (Phi) is 6.26. The molecule has 1 aliphatic heterocycles. The summed E-state index contributed by atoms with van der Waals surface area (Å²) in [4.78, 5) is 5.40. The van der Waals surface area contributed by atoms with Crippen LogP contribution in [0.4, 0.5) is 0 Å². The molecule has 0 bridgehead atoms. The maximum atomic E-state index is 6.68. The van der Waals surface area contributed by atoms with Crippen molar-refractivity contribution >= 4 is 81.2 Å². The molecular formula is C45H29N3O2S. The molecule has 51 heavy (non-hydrogen) atoms. The fraction of sp³-hybridized carbons (Fsp3) is 0.0444. The number of para-hydroxylation sites is 2. The van der Waals surface area contributed by atoms with Crippen LogP contribution in [0.1, 0.15) is 29.0 Å². The molecule has 6 heteroatoms. The summed E-state index contributed by atoms with van der Waals surface area (Å²) in [6.45, 7) is 0. The smallest absolute Gasteiger partial charge is 0.146 e. The standard InChI is InChI=1S/C45H29N3O2S/c1-2-10-26(11-3-1)43-46-44(33-15-9-19-40-41(33)32-13-5-7-18-39(32)51-40)48-45(47-43)34-16-8-14-31-35-24-27(21-23-37(35)50-42(31)34)28-20-22-30-29-12-4-6-17-36(29)49-38(30)25-28/h1-25,43-44,46H,(H,47,48). The molecule has 4 heterocycles. The molecule has 0 fully saturated rings. The summed E-state index contributed by atoms with van der Waals surface area (Å²) in [6, 6.07) is 53.2. The molecule has 5 nitrogen and oxygen atoms in total. The highest BCUT2D eigenvalue weighted by molar-refractivity contribution is 7.25. The molecule has 0 saturated heterocycles. The Bertz CT molecular complexity index is 3010. The van der Waals surface area contributed by atoms with E-state index in [-0.39, 0.29) is 12.3 Å². The number of nitrogens with one attached hydrogen (secondary N) is 2. The van der Waals surface area contributed by atoms with E-state index in [9.17, 15) is 0 Å². The molecule has 0 radical (unpaired) electrons. The van der Waals surface area contributed by atoms with Crippen LogP contribution in [-0.2, 0) is 0 Å². The minimum Gasteiger partial charge on any atom is -0.456 e. The molecule has 3 aromatic heterocycles. The van der Waals surface area contributed by atoms with E-state index in [1.54, 1.807) is 0 Å². The SMILES string of the molecule is c1ccc(C2NC(c3cccc4c3oc3ccc(-c5ccc6c(c5)oc5ccccc56)cc34)=NC(c3cccc4sc5ccccc5c34)N2)cc1. The van der Waals surface area contributed by atoms with Crippen LogP contribution < -0.4 is 10.6 Å². The van der Waals surface area contributed by atoms with Gasteiger partial charge in [-0.3, -0.25) is 5.32 Å². The van der Waals surface area contributed by atoms with Crippen molar-refractivity contribution in [3.05, 3.63) is 168 Å². The van der Waals surface area contributed by atoms with Gasteiger partial charge in [0, 0.05) is 47.3 Å². The van der Waals surface area contributed by atoms with Gasteiger partial charge in [0.2, 0.25) is 0 Å². The first-order valence-corrected chi connectivity index (χ1v) is 18.0. The Balaban J connectivity index is 1.05. The summed E-state index contributed by atoms with van der Waals surface area (Å²) < 4.78 is 15.4. The van der Waals surface area contributed by atoms with Crippen molar-refractivity contribution in [1.29, 1.82) is 0 Å². The van der Waals surface area contributed by atoms with Crippen LogP contribution in [0.3, 0.4) is 0 Å². The summed E-state index contributed by atoms with van der Waals surface area (Å²) in [5.41, 5.74) is 8.88. The summed E-state index contributed by atoms with van der Waals surface area (Å²) >= 11 is 1.83. The number of hydrogen-bond acceptors (Lipinski definition) is 6. The number of benzene rings is 7. The number of hydrogen-bond donors (Lipinski definition) is 2. The lowest BCUT2D eigenvalue weighted by Crippen LogP contribution is -2.45. The monoisotopic (exact) mass is 675 g/mol. The van der Waals surface area contributed by atoms with E-state index in [0.29, 0.717) is 0 Å². The first-order valence-electron chi connectivity index (χ1n) is 17.2. The lowest BCUT2D eigenvalue weighted by atomic mass is 10.00. The van der Waals surface area contributed by atoms with Crippen molar-refractivity contribution in [1.82, 2.24) is 10.6 Å². The Morgan fingerprint density at radius 3 is 2.20 bits per heavy atom. The molecule has 2 unspecified atom stereocenters. The van der Waals surface area contributed by atoms with Gasteiger partial charge in [-0.15, -0.1) is 11.3 Å². The fourth-order valence-electron chi connectivity index (χ4n) is 7.77. The molecule has 0 spiro atoms. The second kappa shape index (κ2) is 11.2. The lowest BCUT2D eigenvalue weighted by Gasteiger charge is -2.32. The number of amidine groups is 1. The molecule has 11 rings (SSSR count). The van der Waals surface area contributed by atoms with Crippen molar-refractivity contribution in [2.75, 3.05) is 0 Å². The first-order chi connectivity index (χ1) is 25.2. The van der Waals surface area contributed by atoms with E-state index in [2.05, 4.69) is 150 Å². The van der Waals surface area contributed by atoms with E-state index in [1.807, 2.05) is 23.5 Å². The van der Waals surface area contributed by atoms with Gasteiger partial charge < -0.3 is 14.2 Å². The van der Waals surface area contributed by atoms with E-state index in [0.717, 1.165) is 77.5 Å². The maximum Gasteiger partial charge on any atom is 0.146 e. The van der Waals surface area contributed by atoms with Gasteiger partial charge in [-0.1, -0.05) is 103 Å². The van der Waals surface area contributed by atoms with Gasteiger partial charge in [0.1, 0.15) is 40.5 Å². The van der Waals surface area contributed by atoms with Crippen LogP contribution in [0, 0.1) is 0 Å². The summed E-state index contributed by atoms with van der Waals surface area (Å²) in [5.74, 6) is 0.796. The first kappa shape index (κ1) is 28.6. The molecule has 2 atom stereocenters. The predicted molar refractivity (Wildman–Crippen MR) is 210 cm³/mol. The van der Waals surface area contributed by atoms with Gasteiger partial charge >= 0.3 is 0 Å². The summed E-state index contributed by atoms with van der Waals surface area (Å²) in [5, 5.41) is 14.4. The molecule has 0 saturated carbocycles. The van der Waals surface area contributed by atoms with Crippen molar-refractivity contribution in [3.8, 4) is 11.1 Å². The average molecular weight is 676 g/mol. The number of nitrogens with zero attached hydrogens (tertiary/aromatic N) is 1. The zero-order valence-corrected chi connectivity index (χ0v) is 28.1. The van der Waals surface area contributed by atoms with Gasteiger partial charge in [-0.25, -0.2) is 4.99 Å². The van der Waals surface area contributed by atoms with Gasteiger partial charge in [-0.05, 0) is 65.2 Å². The van der Waals surface area contributed by atoms with Crippen molar-refractivity contribution < 1.29 is 8.83 Å². The maximum absolute atomic E-state index is 6.68. The van der Waals surface area contributed by atoms with E-state index >= 15 is 0 Å². The lowest BCUT2D eigenvalue weighted by molar-refractivity contribution is 0.410. The molecule has 10 aromatic rings. The molecule has 1 aliphatic rings. The highest BCUT2D eigenvalue weighted by atomic mass is 32.1. The molecule has 0 aliphatic carbocycles. The fourth-order valence-corrected chi connectivity index (χ4v) is 8.91. The highest BCUT2D eigenvalue weighted by Gasteiger charge is 2.29. The van der Waals surface area contributed by atoms with Gasteiger partial charge in [0.05, 0.1) is 5.56 Å². The Labute approximate surface area is 296 Å². The van der Waals surface area contributed by atoms with Crippen LogP contribution in [0.25, 0.3) is 75.2 Å². The molecule has 0 amide bonds. The van der Waals surface area contributed by atoms with Gasteiger partial charge in [-0.2, -0.15) is 0 Å². The van der Waals surface area contributed by atoms with Crippen LogP contribution in [0.15, 0.2) is 165 Å².